The number of phenolic OH excluding ortho intramolecular Hbond substituents is 1. The van der Waals surface area contributed by atoms with Crippen LogP contribution in [0.1, 0.15) is 21.5 Å². The molecule has 1 amide bonds. The Morgan fingerprint density at radius 1 is 1.14 bits per heavy atom. The average molecular weight is 407 g/mol. The molecule has 0 atom stereocenters. The molecule has 3 rings (SSSR count). The Hall–Kier alpha value is -2.87. The molecule has 0 aliphatic carbocycles. The van der Waals surface area contributed by atoms with Gasteiger partial charge in [-0.2, -0.15) is 13.2 Å². The molecule has 0 heterocycles. The van der Waals surface area contributed by atoms with Crippen LogP contribution in [0.3, 0.4) is 0 Å². The molecule has 0 radical (unpaired) electrons. The van der Waals surface area contributed by atoms with E-state index in [-0.39, 0.29) is 23.4 Å². The molecule has 0 aliphatic rings. The summed E-state index contributed by atoms with van der Waals surface area (Å²) in [5, 5.41) is 14.8. The Morgan fingerprint density at radius 3 is 2.57 bits per heavy atom. The highest BCUT2D eigenvalue weighted by Gasteiger charge is 2.32. The molecule has 0 spiro atoms. The fourth-order valence-corrected chi connectivity index (χ4v) is 3.20. The molecule has 0 fully saturated rings. The number of phenols is 1. The minimum absolute atomic E-state index is 0.125. The number of aryl methyl sites for hydroxylation is 1. The van der Waals surface area contributed by atoms with Crippen molar-refractivity contribution < 1.29 is 27.3 Å². The zero-order chi connectivity index (χ0) is 20.3. The number of hydrogen-bond donors (Lipinski definition) is 2. The maximum Gasteiger partial charge on any atom is 0.479 e. The largest absolute Gasteiger partial charge is 0.504 e. The first-order valence-corrected chi connectivity index (χ1v) is 8.99. The zero-order valence-corrected chi connectivity index (χ0v) is 15.5. The van der Waals surface area contributed by atoms with E-state index in [2.05, 4.69) is 9.50 Å². The number of aromatic hydroxyl groups is 1. The van der Waals surface area contributed by atoms with Crippen LogP contribution in [0.5, 0.6) is 11.5 Å². The highest BCUT2D eigenvalue weighted by Crippen LogP contribution is 2.39. The Balaban J connectivity index is 1.74. The van der Waals surface area contributed by atoms with Crippen molar-refractivity contribution in [1.82, 2.24) is 5.32 Å². The van der Waals surface area contributed by atoms with Crippen molar-refractivity contribution in [1.29, 1.82) is 0 Å². The number of hydrogen-bond acceptors (Lipinski definition) is 4. The van der Waals surface area contributed by atoms with Gasteiger partial charge in [-0.1, -0.05) is 42.5 Å². The highest BCUT2D eigenvalue weighted by atomic mass is 32.2. The van der Waals surface area contributed by atoms with Crippen molar-refractivity contribution in [2.75, 3.05) is 0 Å². The molecule has 8 heteroatoms. The number of alkyl halides is 3. The highest BCUT2D eigenvalue weighted by molar-refractivity contribution is 7.95. The van der Waals surface area contributed by atoms with Crippen LogP contribution in [0, 0.1) is 6.92 Å². The van der Waals surface area contributed by atoms with Gasteiger partial charge in [0.15, 0.2) is 23.5 Å². The number of carbonyl (C=O) groups is 1. The molecule has 0 aromatic heterocycles. The van der Waals surface area contributed by atoms with E-state index < -0.39 is 29.2 Å². The molecule has 0 aliphatic heterocycles. The Labute approximate surface area is 163 Å². The summed E-state index contributed by atoms with van der Waals surface area (Å²) in [6, 6.07) is 16.0. The van der Waals surface area contributed by atoms with Gasteiger partial charge in [0.25, 0.3) is 5.91 Å². The van der Waals surface area contributed by atoms with E-state index in [4.69, 9.17) is 0 Å². The predicted molar refractivity (Wildman–Crippen MR) is 102 cm³/mol. The second-order valence-electron chi connectivity index (χ2n) is 6.07. The third-order valence-corrected chi connectivity index (χ3v) is 4.50. The lowest BCUT2D eigenvalue weighted by Gasteiger charge is -2.13. The molecule has 0 unspecified atom stereocenters. The molecular formula is C20H16F3NO3S. The first-order chi connectivity index (χ1) is 13.2. The first-order valence-electron chi connectivity index (χ1n) is 8.25. The summed E-state index contributed by atoms with van der Waals surface area (Å²) in [7, 11) is 0. The number of carbonyl (C=O) groups excluding carboxylic acids is 1. The van der Waals surface area contributed by atoms with Crippen LogP contribution in [-0.2, 0) is 6.54 Å². The molecule has 0 saturated heterocycles. The van der Waals surface area contributed by atoms with E-state index in [9.17, 15) is 23.1 Å². The second kappa shape index (κ2) is 8.02. The van der Waals surface area contributed by atoms with Gasteiger partial charge in [0.2, 0.25) is 0 Å². The molecule has 2 N–H and O–H groups in total. The number of fused-ring (bicyclic) bond motifs is 1. The quantitative estimate of drug-likeness (QED) is 0.561. The summed E-state index contributed by atoms with van der Waals surface area (Å²) < 4.78 is 41.4. The summed E-state index contributed by atoms with van der Waals surface area (Å²) in [6.45, 7) is 1.72. The van der Waals surface area contributed by atoms with Crippen LogP contribution in [0.4, 0.5) is 13.2 Å². The maximum absolute atomic E-state index is 12.4. The molecule has 3 aromatic rings. The molecular weight excluding hydrogens is 391 g/mol. The lowest BCUT2D eigenvalue weighted by molar-refractivity contribution is -0.0370. The fraction of sp³-hybridized carbons (Fsp3) is 0.150. The molecule has 0 bridgehead atoms. The van der Waals surface area contributed by atoms with Gasteiger partial charge >= 0.3 is 5.51 Å². The predicted octanol–water partition coefficient (Wildman–Crippen LogP) is 5.33. The van der Waals surface area contributed by atoms with Crippen LogP contribution >= 0.6 is 12.0 Å². The molecule has 28 heavy (non-hydrogen) atoms. The van der Waals surface area contributed by atoms with E-state index in [1.165, 1.54) is 13.0 Å². The zero-order valence-electron chi connectivity index (χ0n) is 14.7. The standard InChI is InChI=1S/C20H16F3NO3S/c1-12-9-15(10-17(25)18(12)27-28-20(21,22)23)19(26)24-11-14-7-4-6-13-5-2-3-8-16(13)14/h2-10,25H,11H2,1H3,(H,24,26). The maximum atomic E-state index is 12.4. The number of benzene rings is 3. The lowest BCUT2D eigenvalue weighted by Crippen LogP contribution is -2.23. The van der Waals surface area contributed by atoms with Crippen molar-refractivity contribution in [2.45, 2.75) is 19.0 Å². The molecule has 146 valence electrons. The second-order valence-corrected chi connectivity index (χ2v) is 6.87. The minimum Gasteiger partial charge on any atom is -0.504 e. The van der Waals surface area contributed by atoms with Crippen LogP contribution in [-0.4, -0.2) is 16.5 Å². The van der Waals surface area contributed by atoms with E-state index in [0.29, 0.717) is 0 Å². The lowest BCUT2D eigenvalue weighted by atomic mass is 10.0. The van der Waals surface area contributed by atoms with Crippen LogP contribution in [0.2, 0.25) is 0 Å². The fourth-order valence-electron chi connectivity index (χ4n) is 2.81. The Bertz CT molecular complexity index is 993. The van der Waals surface area contributed by atoms with Crippen molar-refractivity contribution in [3.05, 3.63) is 71.3 Å². The van der Waals surface area contributed by atoms with Gasteiger partial charge in [-0.15, -0.1) is 0 Å². The van der Waals surface area contributed by atoms with Gasteiger partial charge in [-0.05, 0) is 41.0 Å². The van der Waals surface area contributed by atoms with Crippen LogP contribution in [0.15, 0.2) is 54.6 Å². The third kappa shape index (κ3) is 4.69. The van der Waals surface area contributed by atoms with E-state index in [0.717, 1.165) is 22.4 Å². The van der Waals surface area contributed by atoms with Gasteiger partial charge in [-0.3, -0.25) is 4.79 Å². The van der Waals surface area contributed by atoms with E-state index >= 15 is 0 Å². The topological polar surface area (TPSA) is 58.6 Å². The minimum atomic E-state index is -4.60. The SMILES string of the molecule is Cc1cc(C(=O)NCc2cccc3ccccc23)cc(O)c1OSC(F)(F)F. The van der Waals surface area contributed by atoms with Crippen LogP contribution < -0.4 is 9.50 Å². The number of amides is 1. The third-order valence-electron chi connectivity index (χ3n) is 4.06. The number of nitrogens with one attached hydrogen (secondary N) is 1. The van der Waals surface area contributed by atoms with Gasteiger partial charge in [0.1, 0.15) is 0 Å². The molecule has 4 nitrogen and oxygen atoms in total. The van der Waals surface area contributed by atoms with Crippen molar-refractivity contribution in [3.63, 3.8) is 0 Å². The van der Waals surface area contributed by atoms with Crippen LogP contribution in [0.25, 0.3) is 10.8 Å². The van der Waals surface area contributed by atoms with Crippen molar-refractivity contribution >= 4 is 28.7 Å². The van der Waals surface area contributed by atoms with E-state index in [1.54, 1.807) is 0 Å². The summed E-state index contributed by atoms with van der Waals surface area (Å²) >= 11 is -0.723. The van der Waals surface area contributed by atoms with Gasteiger partial charge < -0.3 is 14.6 Å². The number of rotatable bonds is 5. The smallest absolute Gasteiger partial charge is 0.479 e. The Kier molecular flexibility index (Phi) is 5.69. The summed E-state index contributed by atoms with van der Waals surface area (Å²) in [6.07, 6.45) is 0. The monoisotopic (exact) mass is 407 g/mol. The Morgan fingerprint density at radius 2 is 1.86 bits per heavy atom. The van der Waals surface area contributed by atoms with Crippen molar-refractivity contribution in [3.8, 4) is 11.5 Å². The summed E-state index contributed by atoms with van der Waals surface area (Å²) in [5.74, 6) is -1.32. The molecule has 3 aromatic carbocycles. The normalized spacial score (nSPS) is 11.4. The molecule has 0 saturated carbocycles. The summed E-state index contributed by atoms with van der Waals surface area (Å²) in [5.41, 5.74) is -3.34. The van der Waals surface area contributed by atoms with Crippen molar-refractivity contribution in [2.24, 2.45) is 0 Å². The van der Waals surface area contributed by atoms with Gasteiger partial charge in [0, 0.05) is 12.1 Å². The summed E-state index contributed by atoms with van der Waals surface area (Å²) in [4.78, 5) is 12.4. The van der Waals surface area contributed by atoms with E-state index in [1.807, 2.05) is 42.5 Å². The van der Waals surface area contributed by atoms with Gasteiger partial charge in [-0.25, -0.2) is 0 Å². The number of halogens is 3. The first kappa shape index (κ1) is 19.9. The van der Waals surface area contributed by atoms with Gasteiger partial charge in [0.05, 0.1) is 0 Å². The average Bonchev–Trinajstić information content (AvgIpc) is 2.64.